The fourth-order valence-corrected chi connectivity index (χ4v) is 17.6. The highest BCUT2D eigenvalue weighted by atomic mass is 15.1. The summed E-state index contributed by atoms with van der Waals surface area (Å²) in [5, 5.41) is 7.54. The van der Waals surface area contributed by atoms with Crippen LogP contribution in [0.2, 0.25) is 0 Å². The van der Waals surface area contributed by atoms with E-state index >= 15 is 0 Å². The van der Waals surface area contributed by atoms with Crippen LogP contribution in [0.4, 0.5) is 0 Å². The number of hydrogen-bond donors (Lipinski definition) is 0. The zero-order valence-corrected chi connectivity index (χ0v) is 40.9. The molecule has 11 aromatic rings. The molecule has 4 atom stereocenters. The zero-order chi connectivity index (χ0) is 46.9. The molecule has 7 saturated carbocycles. The molecule has 6 heteroatoms. The highest BCUT2D eigenvalue weighted by Gasteiger charge is 2.55. The van der Waals surface area contributed by atoms with Gasteiger partial charge in [-0.3, -0.25) is 0 Å². The van der Waals surface area contributed by atoms with E-state index in [2.05, 4.69) is 171 Å². The Morgan fingerprint density at radius 3 is 1.32 bits per heavy atom. The van der Waals surface area contributed by atoms with Crippen molar-refractivity contribution in [1.29, 1.82) is 0 Å². The molecule has 72 heavy (non-hydrogen) atoms. The zero-order valence-electron chi connectivity index (χ0n) is 40.9. The molecule has 7 aliphatic carbocycles. The standard InChI is InChI=1S/C66H58N6/c1-3-13-47(14-4-1)70-53-20-10-7-17-50(53)56-59-57(51-18-8-11-21-54(51)71(59)48-15-5-2-6-16-48)61-58(60(56)70)52-19-9-12-22-55(52)72(61)49-27-25-45(26-28-49)62-67-63(65-30-29-44-24-23-40(35-65)34-46(44)39-65)69-64(68-62)66-36-41-31-42(37-66)33-43(32-41)38-66/h1-22,25-28,40-44,46H,23-24,29-39H2. The van der Waals surface area contributed by atoms with Crippen molar-refractivity contribution in [1.82, 2.24) is 28.7 Å². The first-order chi connectivity index (χ1) is 35.6. The van der Waals surface area contributed by atoms with E-state index in [1.165, 1.54) is 149 Å². The Labute approximate surface area is 419 Å². The summed E-state index contributed by atoms with van der Waals surface area (Å²) in [7, 11) is 0. The maximum atomic E-state index is 5.81. The molecule has 0 saturated heterocycles. The summed E-state index contributed by atoms with van der Waals surface area (Å²) in [5.41, 5.74) is 12.0. The summed E-state index contributed by atoms with van der Waals surface area (Å²) in [5.74, 6) is 8.24. The molecule has 0 amide bonds. The van der Waals surface area contributed by atoms with Gasteiger partial charge in [0, 0.05) is 65.8 Å². The van der Waals surface area contributed by atoms with Crippen LogP contribution in [0.3, 0.4) is 0 Å². The maximum Gasteiger partial charge on any atom is 0.163 e. The molecule has 7 aromatic carbocycles. The van der Waals surface area contributed by atoms with E-state index in [1.807, 2.05) is 0 Å². The van der Waals surface area contributed by atoms with Gasteiger partial charge in [-0.2, -0.15) is 0 Å². The van der Waals surface area contributed by atoms with Gasteiger partial charge in [-0.1, -0.05) is 97.4 Å². The van der Waals surface area contributed by atoms with Crippen molar-refractivity contribution in [3.8, 4) is 28.5 Å². The lowest BCUT2D eigenvalue weighted by Gasteiger charge is -2.56. The summed E-state index contributed by atoms with van der Waals surface area (Å²) < 4.78 is 7.64. The lowest BCUT2D eigenvalue weighted by molar-refractivity contribution is -0.0115. The number of hydrogen-bond acceptors (Lipinski definition) is 3. The first-order valence-corrected chi connectivity index (χ1v) is 27.5. The summed E-state index contributed by atoms with van der Waals surface area (Å²) in [6.07, 6.45) is 17.4. The maximum absolute atomic E-state index is 5.81. The predicted molar refractivity (Wildman–Crippen MR) is 293 cm³/mol. The van der Waals surface area contributed by atoms with Crippen molar-refractivity contribution in [3.05, 3.63) is 169 Å². The minimum atomic E-state index is 0.0833. The third-order valence-corrected chi connectivity index (χ3v) is 19.9. The Morgan fingerprint density at radius 2 is 0.806 bits per heavy atom. The number of rotatable bonds is 6. The molecule has 7 aliphatic rings. The lowest BCUT2D eigenvalue weighted by Crippen LogP contribution is -2.50. The molecule has 4 heterocycles. The van der Waals surface area contributed by atoms with Crippen molar-refractivity contribution < 1.29 is 0 Å². The van der Waals surface area contributed by atoms with Crippen LogP contribution in [0, 0.1) is 35.5 Å². The van der Waals surface area contributed by atoms with Crippen molar-refractivity contribution in [3.63, 3.8) is 0 Å². The van der Waals surface area contributed by atoms with Crippen LogP contribution in [0.5, 0.6) is 0 Å². The Bertz CT molecular complexity index is 3920. The van der Waals surface area contributed by atoms with Crippen molar-refractivity contribution in [2.45, 2.75) is 94.3 Å². The van der Waals surface area contributed by atoms with Gasteiger partial charge in [0.15, 0.2) is 5.82 Å². The van der Waals surface area contributed by atoms with Gasteiger partial charge < -0.3 is 13.7 Å². The molecule has 352 valence electrons. The van der Waals surface area contributed by atoms with E-state index in [9.17, 15) is 0 Å². The molecule has 4 unspecified atom stereocenters. The van der Waals surface area contributed by atoms with E-state index in [0.717, 1.165) is 75.6 Å². The highest BCUT2D eigenvalue weighted by molar-refractivity contribution is 6.40. The average Bonchev–Trinajstić information content (AvgIpc) is 4.07. The van der Waals surface area contributed by atoms with Crippen LogP contribution >= 0.6 is 0 Å². The molecule has 0 aliphatic heterocycles. The van der Waals surface area contributed by atoms with Gasteiger partial charge in [-0.25, -0.2) is 15.0 Å². The monoisotopic (exact) mass is 934 g/mol. The van der Waals surface area contributed by atoms with Gasteiger partial charge >= 0.3 is 0 Å². The largest absolute Gasteiger partial charge is 0.308 e. The number of fused-ring (bicyclic) bond motifs is 14. The van der Waals surface area contributed by atoms with Gasteiger partial charge in [0.2, 0.25) is 0 Å². The number of nitrogens with zero attached hydrogens (tertiary/aromatic N) is 6. The second kappa shape index (κ2) is 14.8. The molecule has 0 radical (unpaired) electrons. The second-order valence-corrected chi connectivity index (χ2v) is 23.9. The fourth-order valence-electron chi connectivity index (χ4n) is 17.6. The minimum absolute atomic E-state index is 0.0833. The molecule has 0 spiro atoms. The first-order valence-electron chi connectivity index (χ1n) is 27.5. The Kier molecular flexibility index (Phi) is 8.32. The fraction of sp³-hybridized carbons (Fsp3) is 0.318. The van der Waals surface area contributed by atoms with E-state index in [1.54, 1.807) is 0 Å². The SMILES string of the molecule is c1ccc(-n2c3ccccc3c3c2c2c4ccccc4n(-c4ccc(-c5nc(C67CC8CC(CC(C8)C6)C7)nc(C67CCC8CCC(CC8C6)C7)n5)cc4)c2c2c4ccccc4n(-c4ccccc4)c32)cc1. The molecular formula is C66H58N6. The minimum Gasteiger partial charge on any atom is -0.308 e. The lowest BCUT2D eigenvalue weighted by atomic mass is 9.49. The summed E-state index contributed by atoms with van der Waals surface area (Å²) in [4.78, 5) is 17.2. The third-order valence-electron chi connectivity index (χ3n) is 19.9. The quantitative estimate of drug-likeness (QED) is 0.167. The van der Waals surface area contributed by atoms with Crippen LogP contribution in [0.25, 0.3) is 93.9 Å². The van der Waals surface area contributed by atoms with Crippen molar-refractivity contribution in [2.24, 2.45) is 35.5 Å². The van der Waals surface area contributed by atoms with Crippen LogP contribution < -0.4 is 0 Å². The van der Waals surface area contributed by atoms with E-state index in [0.29, 0.717) is 0 Å². The van der Waals surface area contributed by atoms with Gasteiger partial charge in [-0.05, 0) is 179 Å². The number of benzene rings is 7. The van der Waals surface area contributed by atoms with Crippen LogP contribution in [-0.2, 0) is 10.8 Å². The van der Waals surface area contributed by atoms with Crippen LogP contribution in [0.1, 0.15) is 95.1 Å². The highest BCUT2D eigenvalue weighted by Crippen LogP contribution is 2.62. The molecule has 6 nitrogen and oxygen atoms in total. The van der Waals surface area contributed by atoms with Crippen LogP contribution in [-0.4, -0.2) is 28.7 Å². The van der Waals surface area contributed by atoms with E-state index in [-0.39, 0.29) is 10.8 Å². The Balaban J connectivity index is 0.930. The predicted octanol–water partition coefficient (Wildman–Crippen LogP) is 16.2. The number of aromatic nitrogens is 6. The Morgan fingerprint density at radius 1 is 0.361 bits per heavy atom. The molecular weight excluding hydrogens is 877 g/mol. The van der Waals surface area contributed by atoms with Crippen molar-refractivity contribution >= 4 is 65.4 Å². The second-order valence-electron chi connectivity index (χ2n) is 23.9. The summed E-state index contributed by atoms with van der Waals surface area (Å²) in [6, 6.07) is 58.6. The van der Waals surface area contributed by atoms with Gasteiger partial charge in [0.1, 0.15) is 11.6 Å². The summed E-state index contributed by atoms with van der Waals surface area (Å²) in [6.45, 7) is 0. The number of para-hydroxylation sites is 5. The molecule has 4 aromatic heterocycles. The smallest absolute Gasteiger partial charge is 0.163 e. The first kappa shape index (κ1) is 40.5. The molecule has 0 N–H and O–H groups in total. The van der Waals surface area contributed by atoms with E-state index in [4.69, 9.17) is 15.0 Å². The normalized spacial score (nSPS) is 27.4. The van der Waals surface area contributed by atoms with Crippen LogP contribution in [0.15, 0.2) is 158 Å². The van der Waals surface area contributed by atoms with Crippen molar-refractivity contribution in [2.75, 3.05) is 0 Å². The molecule has 7 fully saturated rings. The topological polar surface area (TPSA) is 53.5 Å². The van der Waals surface area contributed by atoms with Gasteiger partial charge in [0.05, 0.1) is 33.1 Å². The van der Waals surface area contributed by atoms with Gasteiger partial charge in [0.25, 0.3) is 0 Å². The van der Waals surface area contributed by atoms with E-state index < -0.39 is 0 Å². The third kappa shape index (κ3) is 5.59. The summed E-state index contributed by atoms with van der Waals surface area (Å²) >= 11 is 0. The molecule has 7 bridgehead atoms. The average molecular weight is 935 g/mol. The van der Waals surface area contributed by atoms with Gasteiger partial charge in [-0.15, -0.1) is 0 Å². The molecule has 18 rings (SSSR count). The Hall–Kier alpha value is -7.05.